The molecule has 0 heterocycles. The monoisotopic (exact) mass is 380 g/mol. The van der Waals surface area contributed by atoms with E-state index in [1.807, 2.05) is 31.2 Å². The van der Waals surface area contributed by atoms with E-state index in [2.05, 4.69) is 5.32 Å². The van der Waals surface area contributed by atoms with Crippen LogP contribution in [0.15, 0.2) is 83.8 Å². The number of carbonyl (C=O) groups is 1. The average molecular weight is 380 g/mol. The van der Waals surface area contributed by atoms with Crippen molar-refractivity contribution in [3.8, 4) is 0 Å². The molecule has 0 radical (unpaired) electrons. The summed E-state index contributed by atoms with van der Waals surface area (Å²) in [7, 11) is -2.16. The molecule has 0 saturated heterocycles. The maximum Gasteiger partial charge on any atom is 0.264 e. The van der Waals surface area contributed by atoms with Crippen LogP contribution < -0.4 is 9.62 Å². The molecule has 0 aliphatic carbocycles. The number of nitrogens with one attached hydrogen (secondary N) is 1. The van der Waals surface area contributed by atoms with Crippen LogP contribution in [0.2, 0.25) is 0 Å². The van der Waals surface area contributed by atoms with Crippen LogP contribution in [0.5, 0.6) is 0 Å². The normalized spacial score (nSPS) is 11.0. The Hall–Kier alpha value is -3.12. The third-order valence-electron chi connectivity index (χ3n) is 4.17. The topological polar surface area (TPSA) is 66.5 Å². The molecule has 3 aromatic rings. The number of nitrogens with zero attached hydrogens (tertiary/aromatic N) is 1. The molecule has 138 valence electrons. The lowest BCUT2D eigenvalue weighted by atomic mass is 10.1. The minimum Gasteiger partial charge on any atom is -0.322 e. The maximum atomic E-state index is 12.7. The van der Waals surface area contributed by atoms with E-state index < -0.39 is 10.0 Å². The van der Waals surface area contributed by atoms with Gasteiger partial charge in [0.2, 0.25) is 0 Å². The van der Waals surface area contributed by atoms with Gasteiger partial charge in [-0.3, -0.25) is 9.10 Å². The molecule has 0 saturated carbocycles. The lowest BCUT2D eigenvalue weighted by Gasteiger charge is -2.19. The van der Waals surface area contributed by atoms with Crippen LogP contribution in [-0.4, -0.2) is 21.4 Å². The molecule has 3 rings (SSSR count). The minimum absolute atomic E-state index is 0.216. The highest BCUT2D eigenvalue weighted by Gasteiger charge is 2.21. The van der Waals surface area contributed by atoms with Gasteiger partial charge in [-0.1, -0.05) is 30.3 Å². The molecule has 0 spiro atoms. The summed E-state index contributed by atoms with van der Waals surface area (Å²) in [6.45, 7) is 1.95. The van der Waals surface area contributed by atoms with Gasteiger partial charge in [0.15, 0.2) is 0 Å². The van der Waals surface area contributed by atoms with E-state index in [0.717, 1.165) is 5.56 Å². The molecule has 0 atom stereocenters. The lowest BCUT2D eigenvalue weighted by Crippen LogP contribution is -2.26. The van der Waals surface area contributed by atoms with Crippen LogP contribution in [0, 0.1) is 6.92 Å². The highest BCUT2D eigenvalue weighted by atomic mass is 32.2. The van der Waals surface area contributed by atoms with Gasteiger partial charge >= 0.3 is 0 Å². The molecule has 0 bridgehead atoms. The zero-order valence-corrected chi connectivity index (χ0v) is 15.9. The molecule has 1 amide bonds. The second-order valence-corrected chi connectivity index (χ2v) is 8.13. The van der Waals surface area contributed by atoms with Crippen molar-refractivity contribution in [2.45, 2.75) is 11.8 Å². The van der Waals surface area contributed by atoms with Crippen molar-refractivity contribution in [1.82, 2.24) is 0 Å². The van der Waals surface area contributed by atoms with E-state index in [0.29, 0.717) is 16.9 Å². The third kappa shape index (κ3) is 4.17. The first-order valence-electron chi connectivity index (χ1n) is 8.40. The number of aryl methyl sites for hydroxylation is 1. The van der Waals surface area contributed by atoms with Gasteiger partial charge in [-0.15, -0.1) is 0 Å². The van der Waals surface area contributed by atoms with Gasteiger partial charge < -0.3 is 5.32 Å². The summed E-state index contributed by atoms with van der Waals surface area (Å²) in [4.78, 5) is 12.6. The number of rotatable bonds is 5. The first-order valence-corrected chi connectivity index (χ1v) is 9.84. The van der Waals surface area contributed by atoms with Crippen LogP contribution in [-0.2, 0) is 10.0 Å². The molecule has 6 heteroatoms. The Balaban J connectivity index is 1.77. The molecular formula is C21H20N2O3S. The molecule has 0 unspecified atom stereocenters. The summed E-state index contributed by atoms with van der Waals surface area (Å²) in [5.74, 6) is -0.249. The van der Waals surface area contributed by atoms with Gasteiger partial charge in [0.25, 0.3) is 15.9 Å². The second kappa shape index (κ2) is 7.63. The number of benzene rings is 3. The molecule has 0 aliphatic rings. The highest BCUT2D eigenvalue weighted by Crippen LogP contribution is 2.22. The fourth-order valence-electron chi connectivity index (χ4n) is 2.64. The summed E-state index contributed by atoms with van der Waals surface area (Å²) in [6, 6.07) is 22.2. The smallest absolute Gasteiger partial charge is 0.264 e. The Bertz CT molecular complexity index is 1050. The van der Waals surface area contributed by atoms with Crippen molar-refractivity contribution in [2.24, 2.45) is 0 Å². The van der Waals surface area contributed by atoms with Gasteiger partial charge in [-0.2, -0.15) is 0 Å². The van der Waals surface area contributed by atoms with Gasteiger partial charge in [0.05, 0.1) is 10.6 Å². The maximum absolute atomic E-state index is 12.7. The largest absolute Gasteiger partial charge is 0.322 e. The molecule has 1 N–H and O–H groups in total. The van der Waals surface area contributed by atoms with E-state index in [9.17, 15) is 13.2 Å². The minimum atomic E-state index is -3.65. The molecule has 5 nitrogen and oxygen atoms in total. The van der Waals surface area contributed by atoms with E-state index in [4.69, 9.17) is 0 Å². The number of hydrogen-bond acceptors (Lipinski definition) is 3. The molecule has 0 aromatic heterocycles. The van der Waals surface area contributed by atoms with E-state index >= 15 is 0 Å². The standard InChI is InChI=1S/C21H20N2O3S/c1-16-7-6-8-18(15-16)22-21(24)17-11-13-19(14-12-17)23(2)27(25,26)20-9-4-3-5-10-20/h3-15H,1-2H3,(H,22,24). The van der Waals surface area contributed by atoms with E-state index in [1.54, 1.807) is 54.6 Å². The highest BCUT2D eigenvalue weighted by molar-refractivity contribution is 7.92. The average Bonchev–Trinajstić information content (AvgIpc) is 2.68. The molecule has 27 heavy (non-hydrogen) atoms. The Labute approximate surface area is 159 Å². The van der Waals surface area contributed by atoms with Crippen LogP contribution in [0.4, 0.5) is 11.4 Å². The summed E-state index contributed by atoms with van der Waals surface area (Å²) >= 11 is 0. The second-order valence-electron chi connectivity index (χ2n) is 6.16. The lowest BCUT2D eigenvalue weighted by molar-refractivity contribution is 0.102. The fraction of sp³-hybridized carbons (Fsp3) is 0.0952. The fourth-order valence-corrected chi connectivity index (χ4v) is 3.85. The summed E-state index contributed by atoms with van der Waals surface area (Å²) < 4.78 is 26.5. The Kier molecular flexibility index (Phi) is 5.28. The predicted octanol–water partition coefficient (Wildman–Crippen LogP) is 4.07. The Morgan fingerprint density at radius 2 is 1.56 bits per heavy atom. The van der Waals surface area contributed by atoms with Crippen LogP contribution >= 0.6 is 0 Å². The number of anilines is 2. The van der Waals surface area contributed by atoms with Crippen LogP contribution in [0.1, 0.15) is 15.9 Å². The quantitative estimate of drug-likeness (QED) is 0.725. The third-order valence-corrected chi connectivity index (χ3v) is 5.97. The van der Waals surface area contributed by atoms with Gasteiger partial charge in [0, 0.05) is 18.3 Å². The Morgan fingerprint density at radius 1 is 0.889 bits per heavy atom. The number of sulfonamides is 1. The molecular weight excluding hydrogens is 360 g/mol. The summed E-state index contributed by atoms with van der Waals surface area (Å²) in [5.41, 5.74) is 2.69. The van der Waals surface area contributed by atoms with Crippen molar-refractivity contribution in [3.05, 3.63) is 90.0 Å². The van der Waals surface area contributed by atoms with Crippen molar-refractivity contribution in [3.63, 3.8) is 0 Å². The predicted molar refractivity (Wildman–Crippen MR) is 108 cm³/mol. The van der Waals surface area contributed by atoms with Crippen molar-refractivity contribution in [1.29, 1.82) is 0 Å². The van der Waals surface area contributed by atoms with Crippen molar-refractivity contribution in [2.75, 3.05) is 16.7 Å². The molecule has 0 aliphatic heterocycles. The van der Waals surface area contributed by atoms with Gasteiger partial charge in [0.1, 0.15) is 0 Å². The first kappa shape index (κ1) is 18.7. The van der Waals surface area contributed by atoms with Gasteiger partial charge in [-0.25, -0.2) is 8.42 Å². The van der Waals surface area contributed by atoms with Crippen LogP contribution in [0.3, 0.4) is 0 Å². The number of amides is 1. The van der Waals surface area contributed by atoms with Crippen molar-refractivity contribution >= 4 is 27.3 Å². The summed E-state index contributed by atoms with van der Waals surface area (Å²) in [5, 5.41) is 2.83. The van der Waals surface area contributed by atoms with E-state index in [1.165, 1.54) is 11.4 Å². The van der Waals surface area contributed by atoms with Crippen molar-refractivity contribution < 1.29 is 13.2 Å². The zero-order chi connectivity index (χ0) is 19.4. The molecule has 0 fully saturated rings. The van der Waals surface area contributed by atoms with E-state index in [-0.39, 0.29) is 10.8 Å². The first-order chi connectivity index (χ1) is 12.9. The number of hydrogen-bond donors (Lipinski definition) is 1. The summed E-state index contributed by atoms with van der Waals surface area (Å²) in [6.07, 6.45) is 0. The van der Waals surface area contributed by atoms with Gasteiger partial charge in [-0.05, 0) is 61.0 Å². The number of carbonyl (C=O) groups excluding carboxylic acids is 1. The molecule has 3 aromatic carbocycles. The Morgan fingerprint density at radius 3 is 2.19 bits per heavy atom. The van der Waals surface area contributed by atoms with Crippen LogP contribution in [0.25, 0.3) is 0 Å². The zero-order valence-electron chi connectivity index (χ0n) is 15.1. The SMILES string of the molecule is Cc1cccc(NC(=O)c2ccc(N(C)S(=O)(=O)c3ccccc3)cc2)c1.